The average molecular weight is 388 g/mol. The van der Waals surface area contributed by atoms with E-state index in [4.69, 9.17) is 0 Å². The molecule has 1 aliphatic carbocycles. The van der Waals surface area contributed by atoms with Crippen LogP contribution in [0.3, 0.4) is 0 Å². The fourth-order valence-corrected chi connectivity index (χ4v) is 4.30. The summed E-state index contributed by atoms with van der Waals surface area (Å²) in [5.41, 5.74) is 8.79. The third-order valence-electron chi connectivity index (χ3n) is 6.28. The minimum atomic E-state index is -1.17. The van der Waals surface area contributed by atoms with Crippen molar-refractivity contribution in [2.75, 3.05) is 0 Å². The molecule has 0 aromatic heterocycles. The van der Waals surface area contributed by atoms with Crippen LogP contribution in [0.1, 0.15) is 69.7 Å². The number of hydrogen-bond donors (Lipinski definition) is 0. The van der Waals surface area contributed by atoms with Gasteiger partial charge in [-0.2, -0.15) is 0 Å². The van der Waals surface area contributed by atoms with Gasteiger partial charge in [0.1, 0.15) is 0 Å². The van der Waals surface area contributed by atoms with Crippen LogP contribution in [-0.4, -0.2) is 5.97 Å². The number of hydrogen-bond acceptors (Lipinski definition) is 2. The summed E-state index contributed by atoms with van der Waals surface area (Å²) in [4.78, 5) is 10.7. The Hall–Kier alpha value is -2.61. The Morgan fingerprint density at radius 2 is 1.62 bits per heavy atom. The molecular weight excluding hydrogens is 356 g/mol. The summed E-state index contributed by atoms with van der Waals surface area (Å²) in [5.74, 6) is -1.17. The highest BCUT2D eigenvalue weighted by molar-refractivity contribution is 5.79. The molecule has 1 aliphatic rings. The normalized spacial score (nSPS) is 17.9. The molecule has 3 rings (SSSR count). The number of fused-ring (bicyclic) bond motifs is 1. The Morgan fingerprint density at radius 3 is 2.24 bits per heavy atom. The van der Waals surface area contributed by atoms with Crippen molar-refractivity contribution in [2.24, 2.45) is 0 Å². The molecular formula is C27H31O2-. The monoisotopic (exact) mass is 387 g/mol. The molecule has 0 unspecified atom stereocenters. The van der Waals surface area contributed by atoms with Gasteiger partial charge in [-0.05, 0) is 88.6 Å². The number of aliphatic carboxylic acids is 1. The van der Waals surface area contributed by atoms with Gasteiger partial charge in [0.05, 0.1) is 5.97 Å². The zero-order chi connectivity index (χ0) is 21.4. The number of rotatable bonds is 4. The van der Waals surface area contributed by atoms with Crippen LogP contribution < -0.4 is 5.11 Å². The van der Waals surface area contributed by atoms with Gasteiger partial charge in [0, 0.05) is 0 Å². The van der Waals surface area contributed by atoms with Crippen LogP contribution in [0.4, 0.5) is 0 Å². The Labute approximate surface area is 175 Å². The lowest BCUT2D eigenvalue weighted by Gasteiger charge is -2.42. The van der Waals surface area contributed by atoms with Crippen molar-refractivity contribution in [2.45, 2.75) is 65.2 Å². The smallest absolute Gasteiger partial charge is 0.0645 e. The van der Waals surface area contributed by atoms with Crippen LogP contribution in [0.15, 0.2) is 54.1 Å². The van der Waals surface area contributed by atoms with Crippen molar-refractivity contribution in [3.8, 4) is 11.1 Å². The highest BCUT2D eigenvalue weighted by Gasteiger charge is 2.37. The summed E-state index contributed by atoms with van der Waals surface area (Å²) in [5, 5.41) is 10.7. The molecule has 2 aromatic rings. The average Bonchev–Trinajstić information content (AvgIpc) is 2.63. The van der Waals surface area contributed by atoms with E-state index in [1.807, 2.05) is 12.1 Å². The van der Waals surface area contributed by atoms with Crippen LogP contribution in [-0.2, 0) is 15.6 Å². The van der Waals surface area contributed by atoms with Crippen LogP contribution in [0.25, 0.3) is 17.2 Å². The number of benzene rings is 2. The zero-order valence-corrected chi connectivity index (χ0v) is 18.4. The van der Waals surface area contributed by atoms with Gasteiger partial charge < -0.3 is 9.90 Å². The maximum absolute atomic E-state index is 10.7. The fraction of sp³-hybridized carbons (Fsp3) is 0.370. The van der Waals surface area contributed by atoms with Gasteiger partial charge >= 0.3 is 0 Å². The van der Waals surface area contributed by atoms with E-state index in [-0.39, 0.29) is 10.8 Å². The number of aryl methyl sites for hydroxylation is 1. The van der Waals surface area contributed by atoms with E-state index >= 15 is 0 Å². The molecule has 0 atom stereocenters. The van der Waals surface area contributed by atoms with E-state index in [1.165, 1.54) is 40.7 Å². The first-order valence-corrected chi connectivity index (χ1v) is 10.3. The Morgan fingerprint density at radius 1 is 1.00 bits per heavy atom. The van der Waals surface area contributed by atoms with Crippen LogP contribution in [0.2, 0.25) is 0 Å². The van der Waals surface area contributed by atoms with E-state index in [1.54, 1.807) is 13.0 Å². The van der Waals surface area contributed by atoms with Crippen molar-refractivity contribution >= 4 is 12.0 Å². The Kier molecular flexibility index (Phi) is 5.58. The van der Waals surface area contributed by atoms with Gasteiger partial charge in [-0.3, -0.25) is 0 Å². The van der Waals surface area contributed by atoms with Crippen molar-refractivity contribution in [1.82, 2.24) is 0 Å². The predicted octanol–water partition coefficient (Wildman–Crippen LogP) is 5.72. The molecule has 0 aliphatic heterocycles. The first-order valence-electron chi connectivity index (χ1n) is 10.3. The molecule has 0 bridgehead atoms. The lowest BCUT2D eigenvalue weighted by molar-refractivity contribution is -0.297. The third-order valence-corrected chi connectivity index (χ3v) is 6.28. The number of carboxylic acids is 1. The lowest BCUT2D eigenvalue weighted by atomic mass is 9.62. The van der Waals surface area contributed by atoms with Gasteiger partial charge in [0.2, 0.25) is 0 Å². The highest BCUT2D eigenvalue weighted by Crippen LogP contribution is 2.47. The van der Waals surface area contributed by atoms with Crippen LogP contribution in [0, 0.1) is 6.92 Å². The van der Waals surface area contributed by atoms with Crippen molar-refractivity contribution < 1.29 is 9.90 Å². The molecule has 2 heteroatoms. The number of carboxylic acid groups (broad SMARTS) is 1. The van der Waals surface area contributed by atoms with Crippen LogP contribution in [0.5, 0.6) is 0 Å². The first kappa shape index (κ1) is 21.1. The molecule has 0 saturated heterocycles. The minimum Gasteiger partial charge on any atom is -0.545 e. The van der Waals surface area contributed by atoms with Gasteiger partial charge in [0.15, 0.2) is 0 Å². The molecule has 29 heavy (non-hydrogen) atoms. The summed E-state index contributed by atoms with van der Waals surface area (Å²) in [6, 6.07) is 13.2. The molecule has 2 nitrogen and oxygen atoms in total. The summed E-state index contributed by atoms with van der Waals surface area (Å²) >= 11 is 0. The third kappa shape index (κ3) is 4.53. The van der Waals surface area contributed by atoms with E-state index < -0.39 is 5.97 Å². The fourth-order valence-electron chi connectivity index (χ4n) is 4.30. The summed E-state index contributed by atoms with van der Waals surface area (Å²) < 4.78 is 0. The molecule has 2 aromatic carbocycles. The molecule has 0 heterocycles. The van der Waals surface area contributed by atoms with E-state index in [0.29, 0.717) is 5.57 Å². The zero-order valence-electron chi connectivity index (χ0n) is 18.4. The summed E-state index contributed by atoms with van der Waals surface area (Å²) in [7, 11) is 0. The van der Waals surface area contributed by atoms with Gasteiger partial charge in [-0.25, -0.2) is 0 Å². The molecule has 0 N–H and O–H groups in total. The van der Waals surface area contributed by atoms with Crippen LogP contribution >= 0.6 is 0 Å². The molecule has 0 fully saturated rings. The second-order valence-electron chi connectivity index (χ2n) is 9.65. The van der Waals surface area contributed by atoms with Crippen molar-refractivity contribution in [1.29, 1.82) is 0 Å². The molecule has 0 radical (unpaired) electrons. The SMILES string of the molecule is CC(/C=C/c1cccc(-c2cc3c(cc2C)C(C)(C)CCC3(C)C)c1)=C\C(=O)[O-]. The number of carbonyl (C=O) groups excluding carboxylic acids is 1. The van der Waals surface area contributed by atoms with E-state index in [9.17, 15) is 9.90 Å². The van der Waals surface area contributed by atoms with E-state index in [2.05, 4.69) is 65.0 Å². The lowest BCUT2D eigenvalue weighted by Crippen LogP contribution is -2.34. The Bertz CT molecular complexity index is 1000. The quantitative estimate of drug-likeness (QED) is 0.497. The Balaban J connectivity index is 2.04. The molecule has 152 valence electrons. The summed E-state index contributed by atoms with van der Waals surface area (Å²) in [6.07, 6.45) is 7.27. The topological polar surface area (TPSA) is 40.1 Å². The molecule has 0 amide bonds. The predicted molar refractivity (Wildman–Crippen MR) is 120 cm³/mol. The van der Waals surface area contributed by atoms with Gasteiger partial charge in [0.25, 0.3) is 0 Å². The maximum atomic E-state index is 10.7. The second kappa shape index (κ2) is 7.67. The number of carbonyl (C=O) groups is 1. The summed E-state index contributed by atoms with van der Waals surface area (Å²) in [6.45, 7) is 13.4. The molecule has 0 spiro atoms. The maximum Gasteiger partial charge on any atom is 0.0645 e. The highest BCUT2D eigenvalue weighted by atomic mass is 16.4. The second-order valence-corrected chi connectivity index (χ2v) is 9.65. The standard InChI is InChI=1S/C27H32O2/c1-18(14-25(28)29)10-11-20-8-7-9-21(16-20)22-17-24-23(15-19(22)2)26(3,4)12-13-27(24,5)6/h7-11,14-17H,12-13H2,1-6H3,(H,28,29)/p-1/b11-10+,18-14+. The minimum absolute atomic E-state index is 0.178. The first-order chi connectivity index (χ1) is 13.5. The van der Waals surface area contributed by atoms with Gasteiger partial charge in [-0.15, -0.1) is 0 Å². The van der Waals surface area contributed by atoms with Crippen molar-refractivity contribution in [3.63, 3.8) is 0 Å². The van der Waals surface area contributed by atoms with Crippen molar-refractivity contribution in [3.05, 3.63) is 76.4 Å². The largest absolute Gasteiger partial charge is 0.545 e. The number of allylic oxidation sites excluding steroid dienone is 2. The molecule has 0 saturated carbocycles. The van der Waals surface area contributed by atoms with Gasteiger partial charge in [-0.1, -0.05) is 70.2 Å². The van der Waals surface area contributed by atoms with E-state index in [0.717, 1.165) is 11.6 Å².